The maximum absolute atomic E-state index is 11.8. The summed E-state index contributed by atoms with van der Waals surface area (Å²) in [6.45, 7) is -0.414. The van der Waals surface area contributed by atoms with Crippen LogP contribution in [0.5, 0.6) is 5.75 Å². The summed E-state index contributed by atoms with van der Waals surface area (Å²) >= 11 is 0. The van der Waals surface area contributed by atoms with Crippen LogP contribution in [-0.4, -0.2) is 33.1 Å². The van der Waals surface area contributed by atoms with Gasteiger partial charge in [0.15, 0.2) is 0 Å². The summed E-state index contributed by atoms with van der Waals surface area (Å²) in [4.78, 5) is 10.5. The molecule has 0 heterocycles. The molecule has 0 saturated carbocycles. The summed E-state index contributed by atoms with van der Waals surface area (Å²) in [6.07, 6.45) is 0. The molecule has 0 radical (unpaired) electrons. The second kappa shape index (κ2) is 5.48. The van der Waals surface area contributed by atoms with Gasteiger partial charge in [0, 0.05) is 0 Å². The lowest BCUT2D eigenvalue weighted by molar-refractivity contribution is 0.0696. The Morgan fingerprint density at radius 2 is 2.22 bits per heavy atom. The van der Waals surface area contributed by atoms with Crippen molar-refractivity contribution in [1.29, 1.82) is 5.26 Å². The lowest BCUT2D eigenvalue weighted by Crippen LogP contribution is -2.24. The molecule has 8 heteroatoms. The molecular formula is C10H10N2O5S. The normalized spacial score (nSPS) is 10.7. The van der Waals surface area contributed by atoms with E-state index in [2.05, 4.69) is 0 Å². The predicted octanol–water partition coefficient (Wildman–Crippen LogP) is 0.195. The van der Waals surface area contributed by atoms with Crippen LogP contribution in [0.25, 0.3) is 0 Å². The Labute approximate surface area is 104 Å². The fraction of sp³-hybridized carbons (Fsp3) is 0.200. The van der Waals surface area contributed by atoms with Crippen LogP contribution in [-0.2, 0) is 10.0 Å². The predicted molar refractivity (Wildman–Crippen MR) is 60.8 cm³/mol. The Hall–Kier alpha value is -2.11. The average molecular weight is 270 g/mol. The van der Waals surface area contributed by atoms with Crippen molar-refractivity contribution in [3.8, 4) is 11.8 Å². The molecule has 0 aliphatic carbocycles. The maximum atomic E-state index is 11.8. The van der Waals surface area contributed by atoms with Crippen molar-refractivity contribution >= 4 is 16.0 Å². The highest BCUT2D eigenvalue weighted by Crippen LogP contribution is 2.24. The van der Waals surface area contributed by atoms with Gasteiger partial charge in [-0.25, -0.2) is 13.2 Å². The SMILES string of the molecule is COc1ccc(C(=O)O)cc1S(=O)(=O)NCC#N. The van der Waals surface area contributed by atoms with E-state index >= 15 is 0 Å². The van der Waals surface area contributed by atoms with Crippen LogP contribution in [0.3, 0.4) is 0 Å². The topological polar surface area (TPSA) is 116 Å². The number of carboxylic acid groups (broad SMARTS) is 1. The van der Waals surface area contributed by atoms with Gasteiger partial charge in [-0.3, -0.25) is 0 Å². The van der Waals surface area contributed by atoms with Crippen molar-refractivity contribution in [2.45, 2.75) is 4.90 Å². The van der Waals surface area contributed by atoms with E-state index in [1.54, 1.807) is 6.07 Å². The van der Waals surface area contributed by atoms with E-state index in [9.17, 15) is 13.2 Å². The van der Waals surface area contributed by atoms with E-state index in [-0.39, 0.29) is 16.2 Å². The number of nitriles is 1. The zero-order valence-corrected chi connectivity index (χ0v) is 10.2. The number of methoxy groups -OCH3 is 1. The first-order chi connectivity index (χ1) is 8.42. The second-order valence-electron chi connectivity index (χ2n) is 3.15. The summed E-state index contributed by atoms with van der Waals surface area (Å²) in [5, 5.41) is 17.1. The Morgan fingerprint density at radius 1 is 1.56 bits per heavy atom. The lowest BCUT2D eigenvalue weighted by Gasteiger charge is -2.09. The number of nitrogens with zero attached hydrogens (tertiary/aromatic N) is 1. The molecule has 18 heavy (non-hydrogen) atoms. The minimum atomic E-state index is -3.98. The van der Waals surface area contributed by atoms with E-state index in [4.69, 9.17) is 15.1 Å². The highest BCUT2D eigenvalue weighted by molar-refractivity contribution is 7.89. The molecule has 0 aromatic heterocycles. The Balaban J connectivity index is 3.33. The van der Waals surface area contributed by atoms with Crippen LogP contribution in [0.4, 0.5) is 0 Å². The first-order valence-corrected chi connectivity index (χ1v) is 6.18. The molecule has 0 unspecified atom stereocenters. The molecular weight excluding hydrogens is 260 g/mol. The molecule has 2 N–H and O–H groups in total. The van der Waals surface area contributed by atoms with Gasteiger partial charge in [-0.1, -0.05) is 0 Å². The average Bonchev–Trinajstić information content (AvgIpc) is 2.35. The number of aromatic carboxylic acids is 1. The van der Waals surface area contributed by atoms with Crippen molar-refractivity contribution in [1.82, 2.24) is 4.72 Å². The van der Waals surface area contributed by atoms with Gasteiger partial charge in [-0.15, -0.1) is 0 Å². The van der Waals surface area contributed by atoms with Crippen molar-refractivity contribution in [3.63, 3.8) is 0 Å². The van der Waals surface area contributed by atoms with Crippen molar-refractivity contribution < 1.29 is 23.1 Å². The molecule has 0 saturated heterocycles. The lowest BCUT2D eigenvalue weighted by atomic mass is 10.2. The van der Waals surface area contributed by atoms with Crippen LogP contribution in [0.2, 0.25) is 0 Å². The zero-order valence-electron chi connectivity index (χ0n) is 9.37. The Morgan fingerprint density at radius 3 is 2.72 bits per heavy atom. The third kappa shape index (κ3) is 2.97. The summed E-state index contributed by atoms with van der Waals surface area (Å²) in [7, 11) is -2.72. The number of benzene rings is 1. The zero-order chi connectivity index (χ0) is 13.8. The molecule has 0 aliphatic rings. The van der Waals surface area contributed by atoms with Crippen LogP contribution < -0.4 is 9.46 Å². The molecule has 0 aliphatic heterocycles. The Kier molecular flexibility index (Phi) is 4.25. The van der Waals surface area contributed by atoms with Crippen LogP contribution in [0, 0.1) is 11.3 Å². The number of carbonyl (C=O) groups is 1. The number of ether oxygens (including phenoxy) is 1. The first kappa shape index (κ1) is 14.0. The number of sulfonamides is 1. The maximum Gasteiger partial charge on any atom is 0.335 e. The van der Waals surface area contributed by atoms with Crippen molar-refractivity contribution in [3.05, 3.63) is 23.8 Å². The van der Waals surface area contributed by atoms with Gasteiger partial charge >= 0.3 is 5.97 Å². The Bertz CT molecular complexity index is 603. The van der Waals surface area contributed by atoms with Gasteiger partial charge in [0.2, 0.25) is 10.0 Å². The number of hydrogen-bond donors (Lipinski definition) is 2. The van der Waals surface area contributed by atoms with E-state index in [1.165, 1.54) is 19.2 Å². The van der Waals surface area contributed by atoms with Crippen LogP contribution >= 0.6 is 0 Å². The largest absolute Gasteiger partial charge is 0.495 e. The monoisotopic (exact) mass is 270 g/mol. The van der Waals surface area contributed by atoms with E-state index in [0.717, 1.165) is 6.07 Å². The molecule has 7 nitrogen and oxygen atoms in total. The number of nitrogens with one attached hydrogen (secondary N) is 1. The van der Waals surface area contributed by atoms with E-state index < -0.39 is 22.5 Å². The molecule has 0 atom stereocenters. The third-order valence-electron chi connectivity index (χ3n) is 2.04. The summed E-state index contributed by atoms with van der Waals surface area (Å²) in [6, 6.07) is 5.06. The van der Waals surface area contributed by atoms with Gasteiger partial charge in [0.1, 0.15) is 10.6 Å². The summed E-state index contributed by atoms with van der Waals surface area (Å²) in [5.41, 5.74) is -0.187. The molecule has 1 aromatic carbocycles. The fourth-order valence-corrected chi connectivity index (χ4v) is 2.33. The molecule has 1 rings (SSSR count). The van der Waals surface area contributed by atoms with Crippen molar-refractivity contribution in [2.24, 2.45) is 0 Å². The minimum Gasteiger partial charge on any atom is -0.495 e. The molecule has 0 fully saturated rings. The van der Waals surface area contributed by atoms with Crippen LogP contribution in [0.15, 0.2) is 23.1 Å². The van der Waals surface area contributed by atoms with Gasteiger partial charge in [0.05, 0.1) is 25.3 Å². The molecule has 1 aromatic rings. The van der Waals surface area contributed by atoms with Crippen molar-refractivity contribution in [2.75, 3.05) is 13.7 Å². The number of rotatable bonds is 5. The van der Waals surface area contributed by atoms with Crippen LogP contribution in [0.1, 0.15) is 10.4 Å². The highest BCUT2D eigenvalue weighted by Gasteiger charge is 2.21. The molecule has 0 spiro atoms. The minimum absolute atomic E-state index is 0.00504. The van der Waals surface area contributed by atoms with Gasteiger partial charge < -0.3 is 9.84 Å². The highest BCUT2D eigenvalue weighted by atomic mass is 32.2. The van der Waals surface area contributed by atoms with Gasteiger partial charge in [-0.2, -0.15) is 9.98 Å². The quantitative estimate of drug-likeness (QED) is 0.738. The molecule has 96 valence electrons. The van der Waals surface area contributed by atoms with E-state index in [1.807, 2.05) is 4.72 Å². The molecule has 0 bridgehead atoms. The molecule has 0 amide bonds. The first-order valence-electron chi connectivity index (χ1n) is 4.70. The number of hydrogen-bond acceptors (Lipinski definition) is 5. The standard InChI is InChI=1S/C10H10N2O5S/c1-17-8-3-2-7(10(13)14)6-9(8)18(15,16)12-5-4-11/h2-3,6,12H,5H2,1H3,(H,13,14). The second-order valence-corrected chi connectivity index (χ2v) is 4.89. The van der Waals surface area contributed by atoms with E-state index in [0.29, 0.717) is 0 Å². The third-order valence-corrected chi connectivity index (χ3v) is 3.46. The number of carboxylic acids is 1. The summed E-state index contributed by atoms with van der Waals surface area (Å²) in [5.74, 6) is -1.25. The summed E-state index contributed by atoms with van der Waals surface area (Å²) < 4.78 is 30.5. The fourth-order valence-electron chi connectivity index (χ4n) is 1.22. The smallest absolute Gasteiger partial charge is 0.335 e. The van der Waals surface area contributed by atoms with Gasteiger partial charge in [-0.05, 0) is 18.2 Å². The van der Waals surface area contributed by atoms with Gasteiger partial charge in [0.25, 0.3) is 0 Å².